The first-order chi connectivity index (χ1) is 16.1. The van der Waals surface area contributed by atoms with Crippen LogP contribution in [0.2, 0.25) is 0 Å². The first kappa shape index (κ1) is 21.4. The van der Waals surface area contributed by atoms with Gasteiger partial charge in [0.2, 0.25) is 0 Å². The maximum absolute atomic E-state index is 15.4. The van der Waals surface area contributed by atoms with Crippen LogP contribution in [0.4, 0.5) is 0 Å². The highest BCUT2D eigenvalue weighted by Crippen LogP contribution is 2.79. The van der Waals surface area contributed by atoms with E-state index in [4.69, 9.17) is 0 Å². The summed E-state index contributed by atoms with van der Waals surface area (Å²) < 4.78 is 15.4. The molecule has 1 aliphatic rings. The van der Waals surface area contributed by atoms with E-state index in [2.05, 4.69) is 86.6 Å². The molecule has 0 atom stereocenters. The van der Waals surface area contributed by atoms with Crippen molar-refractivity contribution < 1.29 is 4.57 Å². The summed E-state index contributed by atoms with van der Waals surface area (Å²) in [6.45, 7) is 4.20. The van der Waals surface area contributed by atoms with Gasteiger partial charge in [-0.25, -0.2) is 0 Å². The summed E-state index contributed by atoms with van der Waals surface area (Å²) in [5.41, 5.74) is 6.40. The van der Waals surface area contributed by atoms with Crippen LogP contribution in [0.25, 0.3) is 21.8 Å². The Labute approximate surface area is 196 Å². The average Bonchev–Trinajstić information content (AvgIpc) is 3.16. The standard InChI is InChI=1S/C31H27OP/c1-23(2)33(32)30(26-19-11-5-12-20-26)28(24-15-7-3-8-16-24)29(25-17-9-4-10-18-25)31(33)27-21-13-6-14-22-27/h3-23H,1-2H3. The second-order valence-electron chi connectivity index (χ2n) is 8.66. The molecular formula is C31H27OP. The monoisotopic (exact) mass is 446 g/mol. The summed E-state index contributed by atoms with van der Waals surface area (Å²) >= 11 is 0. The zero-order chi connectivity index (χ0) is 22.8. The molecule has 0 fully saturated rings. The third-order valence-corrected chi connectivity index (χ3v) is 10.1. The van der Waals surface area contributed by atoms with Crippen LogP contribution >= 0.6 is 7.14 Å². The van der Waals surface area contributed by atoms with Crippen molar-refractivity contribution in [3.8, 4) is 0 Å². The maximum Gasteiger partial charge on any atom is 0.148 e. The minimum atomic E-state index is -2.99. The van der Waals surface area contributed by atoms with E-state index in [1.54, 1.807) is 0 Å². The van der Waals surface area contributed by atoms with E-state index in [-0.39, 0.29) is 5.66 Å². The molecule has 0 saturated heterocycles. The molecule has 0 aromatic heterocycles. The summed E-state index contributed by atoms with van der Waals surface area (Å²) in [6, 6.07) is 41.5. The Kier molecular flexibility index (Phi) is 5.75. The molecule has 0 unspecified atom stereocenters. The van der Waals surface area contributed by atoms with E-state index in [0.717, 1.165) is 44.0 Å². The second kappa shape index (κ2) is 8.85. The molecule has 0 N–H and O–H groups in total. The van der Waals surface area contributed by atoms with Crippen molar-refractivity contribution in [3.63, 3.8) is 0 Å². The molecule has 0 radical (unpaired) electrons. The van der Waals surface area contributed by atoms with Crippen molar-refractivity contribution in [1.82, 2.24) is 0 Å². The van der Waals surface area contributed by atoms with E-state index in [1.165, 1.54) is 0 Å². The van der Waals surface area contributed by atoms with Gasteiger partial charge in [-0.2, -0.15) is 0 Å². The van der Waals surface area contributed by atoms with Gasteiger partial charge in [-0.3, -0.25) is 0 Å². The molecule has 4 aromatic carbocycles. The molecule has 2 heteroatoms. The van der Waals surface area contributed by atoms with Gasteiger partial charge in [0.15, 0.2) is 0 Å². The van der Waals surface area contributed by atoms with E-state index in [9.17, 15) is 0 Å². The van der Waals surface area contributed by atoms with E-state index >= 15 is 4.57 Å². The van der Waals surface area contributed by atoms with E-state index in [1.807, 2.05) is 48.5 Å². The zero-order valence-electron chi connectivity index (χ0n) is 19.0. The third-order valence-electron chi connectivity index (χ3n) is 6.33. The SMILES string of the molecule is CC(C)P1(=O)C(c2ccccc2)=C(c2ccccc2)C(c2ccccc2)=C1c1ccccc1. The van der Waals surface area contributed by atoms with E-state index < -0.39 is 7.14 Å². The van der Waals surface area contributed by atoms with Crippen LogP contribution in [-0.4, -0.2) is 5.66 Å². The predicted octanol–water partition coefficient (Wildman–Crippen LogP) is 8.91. The summed E-state index contributed by atoms with van der Waals surface area (Å²) in [5.74, 6) is 0. The smallest absolute Gasteiger partial charge is 0.148 e. The quantitative estimate of drug-likeness (QED) is 0.280. The van der Waals surface area contributed by atoms with Crippen molar-refractivity contribution in [2.45, 2.75) is 19.5 Å². The van der Waals surface area contributed by atoms with Crippen LogP contribution in [0.5, 0.6) is 0 Å². The molecule has 1 nitrogen and oxygen atoms in total. The zero-order valence-corrected chi connectivity index (χ0v) is 19.9. The van der Waals surface area contributed by atoms with Crippen molar-refractivity contribution in [1.29, 1.82) is 0 Å². The summed E-state index contributed by atoms with van der Waals surface area (Å²) in [4.78, 5) is 0. The topological polar surface area (TPSA) is 17.1 Å². The number of allylic oxidation sites excluding steroid dienone is 2. The summed E-state index contributed by atoms with van der Waals surface area (Å²) in [7, 11) is -2.99. The summed E-state index contributed by atoms with van der Waals surface area (Å²) in [6.07, 6.45) is 0. The molecule has 0 bridgehead atoms. The Balaban J connectivity index is 1.98. The van der Waals surface area contributed by atoms with Gasteiger partial charge in [0.25, 0.3) is 0 Å². The fourth-order valence-corrected chi connectivity index (χ4v) is 8.30. The lowest BCUT2D eigenvalue weighted by molar-refractivity contribution is 0.583. The third kappa shape index (κ3) is 3.63. The molecule has 0 aliphatic carbocycles. The Morgan fingerprint density at radius 2 is 0.727 bits per heavy atom. The van der Waals surface area contributed by atoms with Crippen molar-refractivity contribution in [2.75, 3.05) is 0 Å². The van der Waals surface area contributed by atoms with Crippen LogP contribution in [0.1, 0.15) is 36.1 Å². The molecule has 4 aromatic rings. The number of hydrogen-bond acceptors (Lipinski definition) is 1. The first-order valence-corrected chi connectivity index (χ1v) is 13.2. The fraction of sp³-hybridized carbons (Fsp3) is 0.0968. The minimum absolute atomic E-state index is 0.0390. The molecule has 0 spiro atoms. The van der Waals surface area contributed by atoms with Crippen LogP contribution in [-0.2, 0) is 4.57 Å². The van der Waals surface area contributed by atoms with E-state index in [0.29, 0.717) is 0 Å². The molecule has 33 heavy (non-hydrogen) atoms. The van der Waals surface area contributed by atoms with Crippen LogP contribution < -0.4 is 0 Å². The Morgan fingerprint density at radius 3 is 1.00 bits per heavy atom. The molecule has 1 aliphatic heterocycles. The Hall–Kier alpha value is -3.41. The number of hydrogen-bond donors (Lipinski definition) is 0. The first-order valence-electron chi connectivity index (χ1n) is 11.4. The largest absolute Gasteiger partial charge is 0.313 e. The molecule has 1 heterocycles. The maximum atomic E-state index is 15.4. The van der Waals surface area contributed by atoms with Crippen molar-refractivity contribution >= 4 is 28.9 Å². The predicted molar refractivity (Wildman–Crippen MR) is 142 cm³/mol. The Morgan fingerprint density at radius 1 is 0.455 bits per heavy atom. The van der Waals surface area contributed by atoms with Gasteiger partial charge in [0, 0.05) is 27.4 Å². The molecule has 0 saturated carbocycles. The van der Waals surface area contributed by atoms with Crippen molar-refractivity contribution in [2.24, 2.45) is 0 Å². The summed E-state index contributed by atoms with van der Waals surface area (Å²) in [5, 5.41) is 1.95. The normalized spacial score (nSPS) is 15.4. The molecule has 5 rings (SSSR count). The average molecular weight is 447 g/mol. The van der Waals surface area contributed by atoms with Gasteiger partial charge >= 0.3 is 0 Å². The Bertz CT molecular complexity index is 1260. The second-order valence-corrected chi connectivity index (χ2v) is 11.9. The van der Waals surface area contributed by atoms with Gasteiger partial charge < -0.3 is 4.57 Å². The highest BCUT2D eigenvalue weighted by Gasteiger charge is 2.46. The van der Waals surface area contributed by atoms with Gasteiger partial charge in [-0.05, 0) is 22.3 Å². The fourth-order valence-electron chi connectivity index (χ4n) is 4.83. The lowest BCUT2D eigenvalue weighted by Crippen LogP contribution is -2.01. The molecule has 162 valence electrons. The van der Waals surface area contributed by atoms with Gasteiger partial charge in [-0.15, -0.1) is 0 Å². The lowest BCUT2D eigenvalue weighted by Gasteiger charge is -2.25. The number of rotatable bonds is 5. The van der Waals surface area contributed by atoms with Crippen LogP contribution in [0.3, 0.4) is 0 Å². The van der Waals surface area contributed by atoms with Crippen LogP contribution in [0.15, 0.2) is 121 Å². The van der Waals surface area contributed by atoms with Crippen molar-refractivity contribution in [3.05, 3.63) is 144 Å². The molecule has 0 amide bonds. The van der Waals surface area contributed by atoms with Gasteiger partial charge in [0.1, 0.15) is 7.14 Å². The lowest BCUT2D eigenvalue weighted by atomic mass is 9.89. The van der Waals surface area contributed by atoms with Gasteiger partial charge in [0.05, 0.1) is 0 Å². The minimum Gasteiger partial charge on any atom is -0.313 e. The van der Waals surface area contributed by atoms with Gasteiger partial charge in [-0.1, -0.05) is 135 Å². The number of benzene rings is 4. The molecular weight excluding hydrogens is 419 g/mol. The van der Waals surface area contributed by atoms with Crippen LogP contribution in [0, 0.1) is 0 Å². The highest BCUT2D eigenvalue weighted by atomic mass is 31.2. The highest BCUT2D eigenvalue weighted by molar-refractivity contribution is 7.85.